The SMILES string of the molecule is CC#COC(=O)c1cccc(NC(=O)NCC)c1. The fraction of sp³-hybridized carbons (Fsp3) is 0.231. The van der Waals surface area contributed by atoms with E-state index in [2.05, 4.69) is 27.4 Å². The second-order valence-corrected chi connectivity index (χ2v) is 3.31. The molecule has 0 radical (unpaired) electrons. The van der Waals surface area contributed by atoms with Crippen molar-refractivity contribution in [2.45, 2.75) is 13.8 Å². The van der Waals surface area contributed by atoms with Gasteiger partial charge in [0.25, 0.3) is 0 Å². The second-order valence-electron chi connectivity index (χ2n) is 3.31. The summed E-state index contributed by atoms with van der Waals surface area (Å²) in [6, 6.07) is 6.11. The van der Waals surface area contributed by atoms with Crippen LogP contribution in [0, 0.1) is 12.0 Å². The molecule has 5 heteroatoms. The lowest BCUT2D eigenvalue weighted by Gasteiger charge is -2.06. The largest absolute Gasteiger partial charge is 0.369 e. The Bertz CT molecular complexity index is 500. The number of amides is 2. The van der Waals surface area contributed by atoms with Crippen molar-refractivity contribution in [1.29, 1.82) is 0 Å². The molecule has 0 heterocycles. The van der Waals surface area contributed by atoms with Gasteiger partial charge in [0.15, 0.2) is 0 Å². The molecule has 1 rings (SSSR count). The zero-order valence-electron chi connectivity index (χ0n) is 10.2. The Hall–Kier alpha value is -2.48. The predicted octanol–water partition coefficient (Wildman–Crippen LogP) is 1.97. The van der Waals surface area contributed by atoms with Gasteiger partial charge in [0.05, 0.1) is 5.56 Å². The molecule has 94 valence electrons. The van der Waals surface area contributed by atoms with Crippen molar-refractivity contribution in [2.24, 2.45) is 0 Å². The number of benzene rings is 1. The van der Waals surface area contributed by atoms with Crippen LogP contribution < -0.4 is 10.6 Å². The molecule has 5 nitrogen and oxygen atoms in total. The fourth-order valence-electron chi connectivity index (χ4n) is 1.22. The van der Waals surface area contributed by atoms with E-state index in [0.717, 1.165) is 0 Å². The molecule has 0 aromatic heterocycles. The Balaban J connectivity index is 2.75. The molecule has 0 aliphatic carbocycles. The average Bonchev–Trinajstić information content (AvgIpc) is 2.36. The summed E-state index contributed by atoms with van der Waals surface area (Å²) in [7, 11) is 0. The molecule has 0 unspecified atom stereocenters. The van der Waals surface area contributed by atoms with Crippen molar-refractivity contribution in [3.8, 4) is 12.0 Å². The van der Waals surface area contributed by atoms with Gasteiger partial charge in [-0.05, 0) is 25.1 Å². The van der Waals surface area contributed by atoms with E-state index in [9.17, 15) is 9.59 Å². The summed E-state index contributed by atoms with van der Waals surface area (Å²) in [5, 5.41) is 5.19. The van der Waals surface area contributed by atoms with Gasteiger partial charge in [-0.1, -0.05) is 12.0 Å². The number of esters is 1. The minimum absolute atomic E-state index is 0.323. The number of ether oxygens (including phenoxy) is 1. The number of rotatable bonds is 3. The molecule has 0 atom stereocenters. The van der Waals surface area contributed by atoms with E-state index in [1.807, 2.05) is 6.92 Å². The molecule has 0 saturated heterocycles. The Morgan fingerprint density at radius 1 is 1.39 bits per heavy atom. The van der Waals surface area contributed by atoms with E-state index in [0.29, 0.717) is 17.8 Å². The van der Waals surface area contributed by atoms with E-state index in [4.69, 9.17) is 0 Å². The lowest BCUT2D eigenvalue weighted by Crippen LogP contribution is -2.28. The first kappa shape index (κ1) is 13.6. The van der Waals surface area contributed by atoms with Gasteiger partial charge in [-0.15, -0.1) is 0 Å². The summed E-state index contributed by atoms with van der Waals surface area (Å²) in [6.07, 6.45) is 2.23. The number of urea groups is 1. The molecule has 1 aromatic rings. The van der Waals surface area contributed by atoms with E-state index in [-0.39, 0.29) is 6.03 Å². The summed E-state index contributed by atoms with van der Waals surface area (Å²) < 4.78 is 4.66. The Kier molecular flexibility index (Phi) is 5.26. The summed E-state index contributed by atoms with van der Waals surface area (Å²) in [5.41, 5.74) is 0.840. The number of carbonyl (C=O) groups is 2. The van der Waals surface area contributed by atoms with Gasteiger partial charge < -0.3 is 15.4 Å². The summed E-state index contributed by atoms with van der Waals surface area (Å²) in [4.78, 5) is 22.8. The molecule has 2 N–H and O–H groups in total. The maximum Gasteiger partial charge on any atom is 0.352 e. The van der Waals surface area contributed by atoms with Gasteiger partial charge in [0.2, 0.25) is 0 Å². The van der Waals surface area contributed by atoms with Crippen molar-refractivity contribution in [1.82, 2.24) is 5.32 Å². The number of hydrogen-bond acceptors (Lipinski definition) is 3. The van der Waals surface area contributed by atoms with Crippen LogP contribution in [0.3, 0.4) is 0 Å². The Morgan fingerprint density at radius 2 is 2.17 bits per heavy atom. The average molecular weight is 246 g/mol. The van der Waals surface area contributed by atoms with Crippen LogP contribution in [-0.2, 0) is 4.74 Å². The molecule has 0 aliphatic rings. The van der Waals surface area contributed by atoms with Gasteiger partial charge in [0.1, 0.15) is 6.11 Å². The third-order valence-corrected chi connectivity index (χ3v) is 1.94. The van der Waals surface area contributed by atoms with E-state index < -0.39 is 5.97 Å². The normalized spacial score (nSPS) is 8.78. The zero-order valence-corrected chi connectivity index (χ0v) is 10.2. The highest BCUT2D eigenvalue weighted by molar-refractivity contribution is 5.94. The minimum atomic E-state index is -0.552. The van der Waals surface area contributed by atoms with Gasteiger partial charge >= 0.3 is 12.0 Å². The Morgan fingerprint density at radius 3 is 2.83 bits per heavy atom. The number of carbonyl (C=O) groups excluding carboxylic acids is 2. The molecular formula is C13H14N2O3. The highest BCUT2D eigenvalue weighted by Gasteiger charge is 2.08. The smallest absolute Gasteiger partial charge is 0.352 e. The standard InChI is InChI=1S/C13H14N2O3/c1-3-8-18-12(16)10-6-5-7-11(9-10)15-13(17)14-4-2/h5-7,9H,4H2,1-2H3,(H2,14,15,17). The van der Waals surface area contributed by atoms with Crippen LogP contribution in [-0.4, -0.2) is 18.5 Å². The fourth-order valence-corrected chi connectivity index (χ4v) is 1.22. The predicted molar refractivity (Wildman–Crippen MR) is 68.0 cm³/mol. The van der Waals surface area contributed by atoms with Gasteiger partial charge in [-0.2, -0.15) is 0 Å². The van der Waals surface area contributed by atoms with Crippen molar-refractivity contribution in [3.05, 3.63) is 29.8 Å². The number of anilines is 1. The van der Waals surface area contributed by atoms with Crippen molar-refractivity contribution in [2.75, 3.05) is 11.9 Å². The lowest BCUT2D eigenvalue weighted by atomic mass is 10.2. The summed E-state index contributed by atoms with van der Waals surface area (Å²) in [6.45, 7) is 3.91. The van der Waals surface area contributed by atoms with Gasteiger partial charge in [-0.25, -0.2) is 9.59 Å². The van der Waals surface area contributed by atoms with Crippen LogP contribution in [0.25, 0.3) is 0 Å². The third kappa shape index (κ3) is 4.18. The molecule has 2 amide bonds. The molecule has 1 aromatic carbocycles. The molecule has 0 aliphatic heterocycles. The first-order chi connectivity index (χ1) is 8.67. The number of nitrogens with one attached hydrogen (secondary N) is 2. The van der Waals surface area contributed by atoms with Crippen molar-refractivity contribution in [3.63, 3.8) is 0 Å². The first-order valence-electron chi connectivity index (χ1n) is 5.45. The van der Waals surface area contributed by atoms with E-state index in [1.165, 1.54) is 6.07 Å². The minimum Gasteiger partial charge on any atom is -0.369 e. The van der Waals surface area contributed by atoms with Crippen LogP contribution in [0.2, 0.25) is 0 Å². The summed E-state index contributed by atoms with van der Waals surface area (Å²) in [5.74, 6) is 1.91. The molecule has 0 fully saturated rings. The topological polar surface area (TPSA) is 67.4 Å². The quantitative estimate of drug-likeness (QED) is 0.633. The maximum absolute atomic E-state index is 11.5. The molecule has 0 spiro atoms. The van der Waals surface area contributed by atoms with Gasteiger partial charge in [-0.3, -0.25) is 0 Å². The van der Waals surface area contributed by atoms with Gasteiger partial charge in [0, 0.05) is 19.2 Å². The van der Waals surface area contributed by atoms with Crippen molar-refractivity contribution < 1.29 is 14.3 Å². The highest BCUT2D eigenvalue weighted by Crippen LogP contribution is 2.11. The maximum atomic E-state index is 11.5. The monoisotopic (exact) mass is 246 g/mol. The van der Waals surface area contributed by atoms with Crippen LogP contribution in [0.5, 0.6) is 0 Å². The van der Waals surface area contributed by atoms with Crippen LogP contribution in [0.15, 0.2) is 24.3 Å². The number of hydrogen-bond donors (Lipinski definition) is 2. The van der Waals surface area contributed by atoms with E-state index in [1.54, 1.807) is 25.1 Å². The summed E-state index contributed by atoms with van der Waals surface area (Å²) >= 11 is 0. The second kappa shape index (κ2) is 6.97. The zero-order chi connectivity index (χ0) is 13.4. The highest BCUT2D eigenvalue weighted by atomic mass is 16.5. The molecule has 18 heavy (non-hydrogen) atoms. The molecular weight excluding hydrogens is 232 g/mol. The molecule has 0 saturated carbocycles. The third-order valence-electron chi connectivity index (χ3n) is 1.94. The van der Waals surface area contributed by atoms with Crippen LogP contribution in [0.1, 0.15) is 24.2 Å². The Labute approximate surface area is 106 Å². The van der Waals surface area contributed by atoms with Crippen LogP contribution in [0.4, 0.5) is 10.5 Å². The molecule has 0 bridgehead atoms. The van der Waals surface area contributed by atoms with Crippen molar-refractivity contribution >= 4 is 17.7 Å². The van der Waals surface area contributed by atoms with Crippen LogP contribution >= 0.6 is 0 Å². The first-order valence-corrected chi connectivity index (χ1v) is 5.45. The van der Waals surface area contributed by atoms with E-state index >= 15 is 0 Å². The lowest BCUT2D eigenvalue weighted by molar-refractivity contribution is 0.0690.